The summed E-state index contributed by atoms with van der Waals surface area (Å²) >= 11 is 0. The number of hydrogen-bond donors (Lipinski definition) is 2. The number of hydrogen-bond acceptors (Lipinski definition) is 5. The molecule has 0 fully saturated rings. The quantitative estimate of drug-likeness (QED) is 0.582. The second-order valence-electron chi connectivity index (χ2n) is 4.88. The first-order chi connectivity index (χ1) is 9.26. The zero-order valence-corrected chi connectivity index (χ0v) is 12.1. The van der Waals surface area contributed by atoms with Crippen molar-refractivity contribution in [2.45, 2.75) is 31.2 Å². The van der Waals surface area contributed by atoms with E-state index in [-0.39, 0.29) is 23.1 Å². The third-order valence-corrected chi connectivity index (χ3v) is 4.16. The minimum absolute atomic E-state index is 0.186. The van der Waals surface area contributed by atoms with Gasteiger partial charge in [-0.25, -0.2) is 13.1 Å². The minimum atomic E-state index is -3.89. The van der Waals surface area contributed by atoms with Crippen LogP contribution in [0.25, 0.3) is 0 Å². The molecular weight excluding hydrogens is 284 g/mol. The predicted octanol–water partition coefficient (Wildman–Crippen LogP) is 1.28. The Bertz CT molecular complexity index is 571. The third-order valence-electron chi connectivity index (χ3n) is 2.64. The lowest BCUT2D eigenvalue weighted by molar-refractivity contribution is -0.385. The first kappa shape index (κ1) is 16.5. The van der Waals surface area contributed by atoms with E-state index in [1.54, 1.807) is 0 Å². The van der Waals surface area contributed by atoms with Crippen molar-refractivity contribution in [1.29, 1.82) is 0 Å². The zero-order chi connectivity index (χ0) is 15.3. The molecule has 0 radical (unpaired) electrons. The molecule has 2 N–H and O–H groups in total. The van der Waals surface area contributed by atoms with E-state index in [9.17, 15) is 23.6 Å². The molecule has 0 spiro atoms. The lowest BCUT2D eigenvalue weighted by Gasteiger charge is -2.18. The zero-order valence-electron chi connectivity index (χ0n) is 11.3. The number of nitro benzene ring substituents is 1. The summed E-state index contributed by atoms with van der Waals surface area (Å²) in [6.45, 7) is 3.49. The molecule has 1 unspecified atom stereocenters. The number of non-ortho nitro benzene ring substituents is 1. The Hall–Kier alpha value is -1.51. The van der Waals surface area contributed by atoms with E-state index in [1.165, 1.54) is 18.2 Å². The SMILES string of the molecule is CC(C)CC(CO)NS(=O)(=O)c1cccc([N+](=O)[O-])c1. The monoisotopic (exact) mass is 302 g/mol. The van der Waals surface area contributed by atoms with Crippen LogP contribution in [0.2, 0.25) is 0 Å². The number of aliphatic hydroxyl groups is 1. The van der Waals surface area contributed by atoms with Crippen LogP contribution in [0, 0.1) is 16.0 Å². The van der Waals surface area contributed by atoms with Crippen LogP contribution >= 0.6 is 0 Å². The van der Waals surface area contributed by atoms with Gasteiger partial charge in [-0.15, -0.1) is 0 Å². The van der Waals surface area contributed by atoms with Gasteiger partial charge in [0.05, 0.1) is 16.4 Å². The van der Waals surface area contributed by atoms with Gasteiger partial charge < -0.3 is 5.11 Å². The highest BCUT2D eigenvalue weighted by atomic mass is 32.2. The fraction of sp³-hybridized carbons (Fsp3) is 0.500. The van der Waals surface area contributed by atoms with Crippen molar-refractivity contribution in [3.05, 3.63) is 34.4 Å². The van der Waals surface area contributed by atoms with Crippen molar-refractivity contribution in [2.24, 2.45) is 5.92 Å². The van der Waals surface area contributed by atoms with Gasteiger partial charge in [0.15, 0.2) is 0 Å². The number of aliphatic hydroxyl groups excluding tert-OH is 1. The molecule has 7 nitrogen and oxygen atoms in total. The minimum Gasteiger partial charge on any atom is -0.395 e. The smallest absolute Gasteiger partial charge is 0.270 e. The first-order valence-electron chi connectivity index (χ1n) is 6.14. The molecule has 1 atom stereocenters. The average molecular weight is 302 g/mol. The predicted molar refractivity (Wildman–Crippen MR) is 73.7 cm³/mol. The molecule has 0 saturated carbocycles. The summed E-state index contributed by atoms with van der Waals surface area (Å²) in [5, 5.41) is 19.8. The first-order valence-corrected chi connectivity index (χ1v) is 7.62. The molecule has 20 heavy (non-hydrogen) atoms. The van der Waals surface area contributed by atoms with E-state index in [4.69, 9.17) is 0 Å². The largest absolute Gasteiger partial charge is 0.395 e. The maximum absolute atomic E-state index is 12.1. The molecule has 1 aromatic carbocycles. The number of benzene rings is 1. The standard InChI is InChI=1S/C12H18N2O5S/c1-9(2)6-10(8-15)13-20(18,19)12-5-3-4-11(7-12)14(16)17/h3-5,7,9-10,13,15H,6,8H2,1-2H3. The Morgan fingerprint density at radius 1 is 1.40 bits per heavy atom. The second kappa shape index (κ2) is 6.78. The van der Waals surface area contributed by atoms with Gasteiger partial charge in [-0.1, -0.05) is 19.9 Å². The van der Waals surface area contributed by atoms with Crippen molar-refractivity contribution < 1.29 is 18.4 Å². The maximum atomic E-state index is 12.1. The van der Waals surface area contributed by atoms with Crippen molar-refractivity contribution in [3.63, 3.8) is 0 Å². The molecule has 0 aromatic heterocycles. The Kier molecular flexibility index (Phi) is 5.61. The highest BCUT2D eigenvalue weighted by molar-refractivity contribution is 7.89. The van der Waals surface area contributed by atoms with Gasteiger partial charge in [0.1, 0.15) is 0 Å². The summed E-state index contributed by atoms with van der Waals surface area (Å²) in [6, 6.07) is 4.18. The van der Waals surface area contributed by atoms with E-state index in [1.807, 2.05) is 13.8 Å². The molecule has 0 aliphatic carbocycles. The van der Waals surface area contributed by atoms with E-state index in [2.05, 4.69) is 4.72 Å². The highest BCUT2D eigenvalue weighted by Crippen LogP contribution is 2.18. The van der Waals surface area contributed by atoms with Gasteiger partial charge in [0.2, 0.25) is 10.0 Å². The van der Waals surface area contributed by atoms with Crippen LogP contribution in [-0.4, -0.2) is 31.1 Å². The Balaban J connectivity index is 2.98. The molecular formula is C12H18N2O5S. The Labute approximate surface area is 117 Å². The number of nitro groups is 1. The van der Waals surface area contributed by atoms with Crippen LogP contribution in [0.15, 0.2) is 29.2 Å². The van der Waals surface area contributed by atoms with Crippen molar-refractivity contribution in [2.75, 3.05) is 6.61 Å². The molecule has 0 saturated heterocycles. The van der Waals surface area contributed by atoms with Gasteiger partial charge in [0, 0.05) is 18.2 Å². The fourth-order valence-electron chi connectivity index (χ4n) is 1.78. The van der Waals surface area contributed by atoms with E-state index >= 15 is 0 Å². The lowest BCUT2D eigenvalue weighted by atomic mass is 10.1. The molecule has 1 aromatic rings. The molecule has 112 valence electrons. The van der Waals surface area contributed by atoms with Crippen LogP contribution in [0.5, 0.6) is 0 Å². The molecule has 0 aliphatic rings. The molecule has 1 rings (SSSR count). The molecule has 8 heteroatoms. The van der Waals surface area contributed by atoms with Crippen molar-refractivity contribution in [1.82, 2.24) is 4.72 Å². The second-order valence-corrected chi connectivity index (χ2v) is 6.60. The van der Waals surface area contributed by atoms with Crippen molar-refractivity contribution in [3.8, 4) is 0 Å². The number of nitrogens with zero attached hydrogens (tertiary/aromatic N) is 1. The Morgan fingerprint density at radius 2 is 2.05 bits per heavy atom. The van der Waals surface area contributed by atoms with Gasteiger partial charge in [-0.3, -0.25) is 10.1 Å². The topological polar surface area (TPSA) is 110 Å². The van der Waals surface area contributed by atoms with E-state index in [0.29, 0.717) is 6.42 Å². The van der Waals surface area contributed by atoms with Gasteiger partial charge >= 0.3 is 0 Å². The van der Waals surface area contributed by atoms with Crippen LogP contribution in [0.3, 0.4) is 0 Å². The van der Waals surface area contributed by atoms with Gasteiger partial charge in [0.25, 0.3) is 5.69 Å². The normalized spacial score (nSPS) is 13.4. The number of rotatable bonds is 7. The van der Waals surface area contributed by atoms with Gasteiger partial charge in [-0.2, -0.15) is 0 Å². The number of sulfonamides is 1. The van der Waals surface area contributed by atoms with Crippen LogP contribution in [0.4, 0.5) is 5.69 Å². The molecule has 0 amide bonds. The molecule has 0 bridgehead atoms. The van der Waals surface area contributed by atoms with Crippen LogP contribution in [0.1, 0.15) is 20.3 Å². The average Bonchev–Trinajstić information content (AvgIpc) is 2.37. The van der Waals surface area contributed by atoms with Crippen LogP contribution < -0.4 is 4.72 Å². The Morgan fingerprint density at radius 3 is 2.55 bits per heavy atom. The fourth-order valence-corrected chi connectivity index (χ4v) is 3.06. The maximum Gasteiger partial charge on any atom is 0.270 e. The highest BCUT2D eigenvalue weighted by Gasteiger charge is 2.22. The van der Waals surface area contributed by atoms with E-state index in [0.717, 1.165) is 6.07 Å². The summed E-state index contributed by atoms with van der Waals surface area (Å²) in [7, 11) is -3.89. The van der Waals surface area contributed by atoms with Crippen LogP contribution in [-0.2, 0) is 10.0 Å². The lowest BCUT2D eigenvalue weighted by Crippen LogP contribution is -2.38. The summed E-state index contributed by atoms with van der Waals surface area (Å²) in [5.74, 6) is 0.208. The van der Waals surface area contributed by atoms with Crippen molar-refractivity contribution >= 4 is 15.7 Å². The summed E-state index contributed by atoms with van der Waals surface area (Å²) in [4.78, 5) is 9.81. The molecule has 0 heterocycles. The summed E-state index contributed by atoms with van der Waals surface area (Å²) in [5.41, 5.74) is -0.294. The van der Waals surface area contributed by atoms with E-state index < -0.39 is 21.0 Å². The van der Waals surface area contributed by atoms with Gasteiger partial charge in [-0.05, 0) is 18.4 Å². The summed E-state index contributed by atoms with van der Waals surface area (Å²) in [6.07, 6.45) is 0.477. The number of nitrogens with one attached hydrogen (secondary N) is 1. The summed E-state index contributed by atoms with van der Waals surface area (Å²) < 4.78 is 26.6. The third kappa shape index (κ3) is 4.55. The molecule has 0 aliphatic heterocycles.